The van der Waals surface area contributed by atoms with Crippen molar-refractivity contribution in [1.29, 1.82) is 0 Å². The van der Waals surface area contributed by atoms with E-state index < -0.39 is 0 Å². The summed E-state index contributed by atoms with van der Waals surface area (Å²) in [7, 11) is 0. The smallest absolute Gasteiger partial charge is 0.341 e. The first-order chi connectivity index (χ1) is 13.6. The molecule has 2 aromatic rings. The molecule has 0 fully saturated rings. The number of ether oxygens (including phenoxy) is 1. The lowest BCUT2D eigenvalue weighted by Gasteiger charge is -2.08. The molecule has 1 aromatic heterocycles. The highest BCUT2D eigenvalue weighted by molar-refractivity contribution is 7.17. The molecule has 1 aliphatic carbocycles. The summed E-state index contributed by atoms with van der Waals surface area (Å²) in [6, 6.07) is 7.27. The van der Waals surface area contributed by atoms with Crippen LogP contribution in [0.1, 0.15) is 59.0 Å². The van der Waals surface area contributed by atoms with E-state index in [1.165, 1.54) is 22.3 Å². The molecule has 0 spiro atoms. The van der Waals surface area contributed by atoms with Crippen LogP contribution in [0.3, 0.4) is 0 Å². The minimum absolute atomic E-state index is 0.277. The van der Waals surface area contributed by atoms with Gasteiger partial charge in [-0.2, -0.15) is 0 Å². The Kier molecular flexibility index (Phi) is 7.29. The van der Waals surface area contributed by atoms with Crippen molar-refractivity contribution in [2.24, 2.45) is 0 Å². The molecule has 0 atom stereocenters. The molecule has 0 saturated heterocycles. The predicted octanol–water partition coefficient (Wildman–Crippen LogP) is 5.89. The van der Waals surface area contributed by atoms with Gasteiger partial charge in [-0.05, 0) is 61.4 Å². The summed E-state index contributed by atoms with van der Waals surface area (Å²) >= 11 is 7.48. The maximum Gasteiger partial charge on any atom is 0.341 e. The second-order valence-electron chi connectivity index (χ2n) is 6.78. The van der Waals surface area contributed by atoms with E-state index >= 15 is 0 Å². The molecule has 0 saturated carbocycles. The lowest BCUT2D eigenvalue weighted by Crippen LogP contribution is -2.13. The number of rotatable bonds is 6. The molecule has 0 aliphatic heterocycles. The van der Waals surface area contributed by atoms with Crippen molar-refractivity contribution in [3.63, 3.8) is 0 Å². The van der Waals surface area contributed by atoms with Crippen LogP contribution < -0.4 is 5.32 Å². The van der Waals surface area contributed by atoms with Gasteiger partial charge in [-0.3, -0.25) is 4.79 Å². The van der Waals surface area contributed by atoms with E-state index in [4.69, 9.17) is 16.3 Å². The molecule has 0 radical (unpaired) electrons. The van der Waals surface area contributed by atoms with Crippen LogP contribution in [0.15, 0.2) is 30.3 Å². The summed E-state index contributed by atoms with van der Waals surface area (Å²) in [6.07, 6.45) is 9.06. The zero-order valence-electron chi connectivity index (χ0n) is 15.9. The predicted molar refractivity (Wildman–Crippen MR) is 115 cm³/mol. The summed E-state index contributed by atoms with van der Waals surface area (Å²) in [5.74, 6) is -0.615. The van der Waals surface area contributed by atoms with Crippen molar-refractivity contribution < 1.29 is 14.3 Å². The van der Waals surface area contributed by atoms with Gasteiger partial charge in [0.15, 0.2) is 0 Å². The van der Waals surface area contributed by atoms with Gasteiger partial charge in [0.1, 0.15) is 5.00 Å². The highest BCUT2D eigenvalue weighted by Crippen LogP contribution is 2.38. The second kappa shape index (κ2) is 9.89. The molecule has 1 aliphatic rings. The van der Waals surface area contributed by atoms with E-state index in [0.29, 0.717) is 22.2 Å². The average Bonchev–Trinajstić information content (AvgIpc) is 2.85. The van der Waals surface area contributed by atoms with E-state index in [1.54, 1.807) is 18.2 Å². The summed E-state index contributed by atoms with van der Waals surface area (Å²) in [5, 5.41) is 4.10. The molecule has 28 heavy (non-hydrogen) atoms. The normalized spacial score (nSPS) is 13.8. The first kappa shape index (κ1) is 20.6. The summed E-state index contributed by atoms with van der Waals surface area (Å²) < 4.78 is 5.39. The lowest BCUT2D eigenvalue weighted by molar-refractivity contribution is -0.111. The minimum Gasteiger partial charge on any atom is -0.462 e. The second-order valence-corrected chi connectivity index (χ2v) is 8.32. The molecule has 1 N–H and O–H groups in total. The fraction of sp³-hybridized carbons (Fsp3) is 0.364. The number of esters is 1. The molecule has 1 heterocycles. The average molecular weight is 418 g/mol. The Morgan fingerprint density at radius 2 is 2.07 bits per heavy atom. The monoisotopic (exact) mass is 417 g/mol. The first-order valence-electron chi connectivity index (χ1n) is 9.64. The van der Waals surface area contributed by atoms with Crippen molar-refractivity contribution in [2.75, 3.05) is 11.9 Å². The number of benzene rings is 1. The summed E-state index contributed by atoms with van der Waals surface area (Å²) in [4.78, 5) is 26.3. The van der Waals surface area contributed by atoms with Gasteiger partial charge < -0.3 is 10.1 Å². The Labute approximate surface area is 174 Å². The number of thiophene rings is 1. The standard InChI is InChI=1S/C22H24ClNO3S/c1-2-13-27-22(26)20-17-9-4-3-5-10-18(17)28-21(20)24-19(25)12-11-15-7-6-8-16(23)14-15/h6-8,11-12,14H,2-5,9-10,13H2,1H3,(H,24,25)/b12-11+. The molecule has 1 amide bonds. The molecular weight excluding hydrogens is 394 g/mol. The highest BCUT2D eigenvalue weighted by Gasteiger charge is 2.26. The van der Waals surface area contributed by atoms with Crippen molar-refractivity contribution in [2.45, 2.75) is 45.4 Å². The van der Waals surface area contributed by atoms with Crippen LogP contribution in [-0.4, -0.2) is 18.5 Å². The third kappa shape index (κ3) is 5.24. The maximum absolute atomic E-state index is 12.7. The number of carbonyl (C=O) groups is 2. The van der Waals surface area contributed by atoms with Crippen LogP contribution in [-0.2, 0) is 22.4 Å². The third-order valence-corrected chi connectivity index (χ3v) is 6.02. The third-order valence-electron chi connectivity index (χ3n) is 4.58. The van der Waals surface area contributed by atoms with Gasteiger partial charge in [0.25, 0.3) is 0 Å². The minimum atomic E-state index is -0.338. The van der Waals surface area contributed by atoms with E-state index in [9.17, 15) is 9.59 Å². The van der Waals surface area contributed by atoms with Gasteiger partial charge in [0.2, 0.25) is 5.91 Å². The summed E-state index contributed by atoms with van der Waals surface area (Å²) in [6.45, 7) is 2.34. The molecule has 1 aromatic carbocycles. The van der Waals surface area contributed by atoms with Crippen molar-refractivity contribution in [1.82, 2.24) is 0 Å². The Morgan fingerprint density at radius 3 is 2.86 bits per heavy atom. The van der Waals surface area contributed by atoms with Crippen LogP contribution in [0.2, 0.25) is 5.02 Å². The van der Waals surface area contributed by atoms with E-state index in [2.05, 4.69) is 5.32 Å². The van der Waals surface area contributed by atoms with Crippen LogP contribution in [0.25, 0.3) is 6.08 Å². The molecule has 0 unspecified atom stereocenters. The number of hydrogen-bond donors (Lipinski definition) is 1. The molecular formula is C22H24ClNO3S. The van der Waals surface area contributed by atoms with E-state index in [0.717, 1.165) is 49.7 Å². The number of fused-ring (bicyclic) bond motifs is 1. The SMILES string of the molecule is CCCOC(=O)c1c(NC(=O)/C=C/c2cccc(Cl)c2)sc2c1CCCCC2. The van der Waals surface area contributed by atoms with Gasteiger partial charge in [0.05, 0.1) is 12.2 Å². The number of anilines is 1. The van der Waals surface area contributed by atoms with Crippen molar-refractivity contribution in [3.8, 4) is 0 Å². The lowest BCUT2D eigenvalue weighted by atomic mass is 10.1. The van der Waals surface area contributed by atoms with Crippen LogP contribution >= 0.6 is 22.9 Å². The van der Waals surface area contributed by atoms with Gasteiger partial charge >= 0.3 is 5.97 Å². The fourth-order valence-electron chi connectivity index (χ4n) is 3.25. The number of hydrogen-bond acceptors (Lipinski definition) is 4. The molecule has 6 heteroatoms. The first-order valence-corrected chi connectivity index (χ1v) is 10.8. The van der Waals surface area contributed by atoms with E-state index in [-0.39, 0.29) is 11.9 Å². The molecule has 0 bridgehead atoms. The zero-order chi connectivity index (χ0) is 19.9. The van der Waals surface area contributed by atoms with Crippen LogP contribution in [0.4, 0.5) is 5.00 Å². The van der Waals surface area contributed by atoms with Gasteiger partial charge in [-0.1, -0.05) is 37.1 Å². The number of carbonyl (C=O) groups excluding carboxylic acids is 2. The zero-order valence-corrected chi connectivity index (χ0v) is 17.5. The summed E-state index contributed by atoms with van der Waals surface area (Å²) in [5.41, 5.74) is 2.43. The highest BCUT2D eigenvalue weighted by atomic mass is 35.5. The Bertz CT molecular complexity index is 888. The topological polar surface area (TPSA) is 55.4 Å². The van der Waals surface area contributed by atoms with Crippen molar-refractivity contribution >= 4 is 45.9 Å². The van der Waals surface area contributed by atoms with Crippen molar-refractivity contribution in [3.05, 3.63) is 56.9 Å². The Hall–Kier alpha value is -2.11. The number of nitrogens with one attached hydrogen (secondary N) is 1. The maximum atomic E-state index is 12.7. The fourth-order valence-corrected chi connectivity index (χ4v) is 4.73. The van der Waals surface area contributed by atoms with Gasteiger partial charge in [-0.25, -0.2) is 4.79 Å². The largest absolute Gasteiger partial charge is 0.462 e. The molecule has 4 nitrogen and oxygen atoms in total. The molecule has 3 rings (SSSR count). The van der Waals surface area contributed by atoms with Crippen LogP contribution in [0, 0.1) is 0 Å². The van der Waals surface area contributed by atoms with Gasteiger partial charge in [-0.15, -0.1) is 11.3 Å². The quantitative estimate of drug-likeness (QED) is 0.362. The van der Waals surface area contributed by atoms with E-state index in [1.807, 2.05) is 19.1 Å². The Balaban J connectivity index is 1.82. The number of amides is 1. The molecule has 148 valence electrons. The number of halogens is 1. The van der Waals surface area contributed by atoms with Gasteiger partial charge in [0, 0.05) is 16.0 Å². The number of aryl methyl sites for hydroxylation is 1. The Morgan fingerprint density at radius 1 is 1.25 bits per heavy atom. The van der Waals surface area contributed by atoms with Crippen LogP contribution in [0.5, 0.6) is 0 Å².